The number of nitrogens with zero attached hydrogens (tertiary/aromatic N) is 2. The van der Waals surface area contributed by atoms with Gasteiger partial charge in [0.2, 0.25) is 5.11 Å². The van der Waals surface area contributed by atoms with E-state index in [0.29, 0.717) is 11.1 Å². The summed E-state index contributed by atoms with van der Waals surface area (Å²) in [6, 6.07) is 27.3. The van der Waals surface area contributed by atoms with Gasteiger partial charge in [-0.2, -0.15) is 5.10 Å². The van der Waals surface area contributed by atoms with Gasteiger partial charge < -0.3 is 0 Å². The highest BCUT2D eigenvalue weighted by atomic mass is 32.1. The molecule has 0 saturated heterocycles. The molecule has 0 unspecified atom stereocenters. The third kappa shape index (κ3) is 8.01. The Morgan fingerprint density at radius 1 is 0.727 bits per heavy atom. The predicted molar refractivity (Wildman–Crippen MR) is 135 cm³/mol. The summed E-state index contributed by atoms with van der Waals surface area (Å²) in [7, 11) is 0. The Balaban J connectivity index is 1.68. The summed E-state index contributed by atoms with van der Waals surface area (Å²) in [5.74, 6) is -0.377. The fourth-order valence-corrected chi connectivity index (χ4v) is 2.82. The van der Waals surface area contributed by atoms with E-state index in [0.717, 1.165) is 5.56 Å². The molecule has 0 amide bonds. The van der Waals surface area contributed by atoms with Crippen LogP contribution in [0.2, 0.25) is 0 Å². The Labute approximate surface area is 197 Å². The SMILES string of the molecule is O=C(/C=C/N(/C=C/C(=O)c1ccccc1)NC(=S)N/N=C/c1ccccc1)c1ccccc1. The van der Waals surface area contributed by atoms with Gasteiger partial charge in [-0.25, -0.2) is 0 Å². The van der Waals surface area contributed by atoms with Crippen LogP contribution in [0, 0.1) is 0 Å². The maximum Gasteiger partial charge on any atom is 0.206 e. The Hall–Kier alpha value is -4.36. The third-order valence-electron chi connectivity index (χ3n) is 4.30. The average Bonchev–Trinajstić information content (AvgIpc) is 2.87. The molecule has 0 atom stereocenters. The van der Waals surface area contributed by atoms with Crippen molar-refractivity contribution >= 4 is 35.1 Å². The first kappa shape index (κ1) is 23.3. The van der Waals surface area contributed by atoms with Gasteiger partial charge in [-0.05, 0) is 17.8 Å². The number of hydrazine groups is 1. The summed E-state index contributed by atoms with van der Waals surface area (Å²) < 4.78 is 0. The third-order valence-corrected chi connectivity index (χ3v) is 4.48. The molecule has 0 heterocycles. The minimum atomic E-state index is -0.189. The van der Waals surface area contributed by atoms with Gasteiger partial charge in [0.1, 0.15) is 0 Å². The molecule has 6 nitrogen and oxygen atoms in total. The lowest BCUT2D eigenvalue weighted by Crippen LogP contribution is -2.40. The van der Waals surface area contributed by atoms with E-state index in [9.17, 15) is 9.59 Å². The largest absolute Gasteiger partial charge is 0.289 e. The van der Waals surface area contributed by atoms with Crippen molar-refractivity contribution in [2.45, 2.75) is 0 Å². The van der Waals surface area contributed by atoms with E-state index in [4.69, 9.17) is 12.2 Å². The minimum Gasteiger partial charge on any atom is -0.289 e. The van der Waals surface area contributed by atoms with Gasteiger partial charge in [0.05, 0.1) is 6.21 Å². The van der Waals surface area contributed by atoms with E-state index in [2.05, 4.69) is 16.0 Å². The van der Waals surface area contributed by atoms with Crippen LogP contribution in [0.4, 0.5) is 0 Å². The van der Waals surface area contributed by atoms with Crippen molar-refractivity contribution < 1.29 is 9.59 Å². The van der Waals surface area contributed by atoms with Gasteiger partial charge in [0.15, 0.2) is 11.6 Å². The lowest BCUT2D eigenvalue weighted by molar-refractivity contribution is 0.103. The Bertz CT molecular complexity index is 1100. The molecule has 0 fully saturated rings. The van der Waals surface area contributed by atoms with Gasteiger partial charge in [0, 0.05) is 35.7 Å². The molecule has 33 heavy (non-hydrogen) atoms. The van der Waals surface area contributed by atoms with Crippen molar-refractivity contribution in [2.75, 3.05) is 0 Å². The maximum atomic E-state index is 12.4. The molecule has 0 bridgehead atoms. The number of hydrazone groups is 1. The van der Waals surface area contributed by atoms with E-state index in [1.54, 1.807) is 54.7 Å². The first-order valence-corrected chi connectivity index (χ1v) is 10.5. The molecule has 3 rings (SSSR count). The minimum absolute atomic E-state index is 0.177. The van der Waals surface area contributed by atoms with Gasteiger partial charge in [-0.15, -0.1) is 0 Å². The highest BCUT2D eigenvalue weighted by molar-refractivity contribution is 7.80. The van der Waals surface area contributed by atoms with Crippen LogP contribution in [-0.2, 0) is 0 Å². The van der Waals surface area contributed by atoms with Gasteiger partial charge in [0.25, 0.3) is 0 Å². The molecule has 3 aromatic carbocycles. The van der Waals surface area contributed by atoms with E-state index in [1.807, 2.05) is 42.5 Å². The van der Waals surface area contributed by atoms with Crippen molar-refractivity contribution in [3.63, 3.8) is 0 Å². The van der Waals surface area contributed by atoms with E-state index in [1.165, 1.54) is 29.6 Å². The zero-order valence-electron chi connectivity index (χ0n) is 17.7. The maximum absolute atomic E-state index is 12.4. The number of hydrogen-bond acceptors (Lipinski definition) is 5. The smallest absolute Gasteiger partial charge is 0.206 e. The number of rotatable bonds is 9. The number of nitrogens with one attached hydrogen (secondary N) is 2. The quantitative estimate of drug-likeness (QED) is 0.163. The number of ketones is 2. The normalized spacial score (nSPS) is 11.0. The average molecular weight is 455 g/mol. The van der Waals surface area contributed by atoms with E-state index in [-0.39, 0.29) is 16.7 Å². The number of carbonyl (C=O) groups excluding carboxylic acids is 2. The molecule has 164 valence electrons. The first-order valence-electron chi connectivity index (χ1n) is 10.1. The monoisotopic (exact) mass is 454 g/mol. The van der Waals surface area contributed by atoms with Crippen molar-refractivity contribution in [1.82, 2.24) is 15.9 Å². The van der Waals surface area contributed by atoms with Crippen LogP contribution in [0.25, 0.3) is 0 Å². The van der Waals surface area contributed by atoms with E-state index >= 15 is 0 Å². The summed E-state index contributed by atoms with van der Waals surface area (Å²) in [6.45, 7) is 0. The zero-order chi connectivity index (χ0) is 23.3. The second-order valence-corrected chi connectivity index (χ2v) is 7.13. The van der Waals surface area contributed by atoms with Crippen LogP contribution in [-0.4, -0.2) is 27.9 Å². The zero-order valence-corrected chi connectivity index (χ0v) is 18.5. The van der Waals surface area contributed by atoms with Crippen molar-refractivity contribution in [1.29, 1.82) is 0 Å². The number of hydrogen-bond donors (Lipinski definition) is 2. The topological polar surface area (TPSA) is 73.8 Å². The highest BCUT2D eigenvalue weighted by Crippen LogP contribution is 2.04. The van der Waals surface area contributed by atoms with Crippen LogP contribution >= 0.6 is 12.2 Å². The molecule has 0 radical (unpaired) electrons. The molecular formula is C26H22N4O2S. The second-order valence-electron chi connectivity index (χ2n) is 6.72. The predicted octanol–water partition coefficient (Wildman–Crippen LogP) is 4.49. The molecule has 0 aliphatic carbocycles. The van der Waals surface area contributed by atoms with Crippen molar-refractivity contribution in [2.24, 2.45) is 5.10 Å². The molecule has 0 aliphatic heterocycles. The molecule has 0 spiro atoms. The Kier molecular flexibility index (Phi) is 8.82. The highest BCUT2D eigenvalue weighted by Gasteiger charge is 2.05. The molecular weight excluding hydrogens is 432 g/mol. The molecule has 0 aromatic heterocycles. The molecule has 0 aliphatic rings. The van der Waals surface area contributed by atoms with Crippen LogP contribution in [0.15, 0.2) is 121 Å². The molecule has 2 N–H and O–H groups in total. The standard InChI is InChI=1S/C26H22N4O2S/c31-24(22-12-6-2-7-13-22)16-18-30(19-17-25(32)23-14-8-3-9-15-23)29-26(33)28-27-20-21-10-4-1-5-11-21/h1-20H,(H2,28,29,33)/b18-16+,19-17+,27-20+. The number of benzene rings is 3. The molecule has 0 saturated carbocycles. The lowest BCUT2D eigenvalue weighted by Gasteiger charge is -2.18. The van der Waals surface area contributed by atoms with Crippen molar-refractivity contribution in [3.8, 4) is 0 Å². The fraction of sp³-hybridized carbons (Fsp3) is 0. The van der Waals surface area contributed by atoms with Crippen LogP contribution in [0.1, 0.15) is 26.3 Å². The van der Waals surface area contributed by atoms with Gasteiger partial charge in [-0.1, -0.05) is 91.0 Å². The lowest BCUT2D eigenvalue weighted by atomic mass is 10.1. The Morgan fingerprint density at radius 2 is 1.18 bits per heavy atom. The number of carbonyl (C=O) groups is 2. The summed E-state index contributed by atoms with van der Waals surface area (Å²) >= 11 is 5.28. The summed E-state index contributed by atoms with van der Waals surface area (Å²) in [4.78, 5) is 24.8. The van der Waals surface area contributed by atoms with Crippen LogP contribution < -0.4 is 10.9 Å². The first-order chi connectivity index (χ1) is 16.1. The number of thiocarbonyl (C=S) groups is 1. The molecule has 3 aromatic rings. The van der Waals surface area contributed by atoms with Crippen molar-refractivity contribution in [3.05, 3.63) is 132 Å². The van der Waals surface area contributed by atoms with Crippen LogP contribution in [0.5, 0.6) is 0 Å². The summed E-state index contributed by atoms with van der Waals surface area (Å²) in [6.07, 6.45) is 7.37. The number of allylic oxidation sites excluding steroid dienone is 2. The summed E-state index contributed by atoms with van der Waals surface area (Å²) in [5.41, 5.74) is 7.59. The van der Waals surface area contributed by atoms with Gasteiger partial charge >= 0.3 is 0 Å². The fourth-order valence-electron chi connectivity index (χ4n) is 2.66. The van der Waals surface area contributed by atoms with Gasteiger partial charge in [-0.3, -0.25) is 25.4 Å². The van der Waals surface area contributed by atoms with Crippen LogP contribution in [0.3, 0.4) is 0 Å². The Morgan fingerprint density at radius 3 is 1.67 bits per heavy atom. The summed E-state index contributed by atoms with van der Waals surface area (Å²) in [5, 5.41) is 5.68. The van der Waals surface area contributed by atoms with E-state index < -0.39 is 0 Å². The molecule has 7 heteroatoms. The second kappa shape index (κ2) is 12.5.